The zero-order valence-corrected chi connectivity index (χ0v) is 15.6. The molecule has 1 aliphatic rings. The minimum Gasteiger partial charge on any atom is -0.472 e. The summed E-state index contributed by atoms with van der Waals surface area (Å²) in [6, 6.07) is 11.4. The number of amides is 2. The topological polar surface area (TPSA) is 71.8 Å². The Labute approximate surface area is 159 Å². The van der Waals surface area contributed by atoms with Crippen molar-refractivity contribution in [2.45, 2.75) is 38.3 Å². The summed E-state index contributed by atoms with van der Waals surface area (Å²) in [5.41, 5.74) is 1.54. The van der Waals surface area contributed by atoms with Crippen LogP contribution in [0.2, 0.25) is 0 Å². The Morgan fingerprint density at radius 1 is 1.26 bits per heavy atom. The molecule has 2 atom stereocenters. The van der Waals surface area contributed by atoms with Crippen LogP contribution in [0.4, 0.5) is 0 Å². The third-order valence-electron chi connectivity index (χ3n) is 4.79. The fourth-order valence-corrected chi connectivity index (χ4v) is 3.25. The lowest BCUT2D eigenvalue weighted by Gasteiger charge is -2.25. The first-order valence-corrected chi connectivity index (χ1v) is 9.41. The van der Waals surface area contributed by atoms with Gasteiger partial charge in [-0.15, -0.1) is 0 Å². The molecule has 1 saturated heterocycles. The van der Waals surface area contributed by atoms with Crippen molar-refractivity contribution in [2.75, 3.05) is 19.7 Å². The second-order valence-electron chi connectivity index (χ2n) is 6.85. The first kappa shape index (κ1) is 19.2. The summed E-state index contributed by atoms with van der Waals surface area (Å²) in [6.07, 6.45) is 5.13. The third kappa shape index (κ3) is 5.44. The normalized spacial score (nSPS) is 17.4. The van der Waals surface area contributed by atoms with E-state index in [2.05, 4.69) is 5.32 Å². The summed E-state index contributed by atoms with van der Waals surface area (Å²) < 4.78 is 10.7. The maximum Gasteiger partial charge on any atom is 0.257 e. The van der Waals surface area contributed by atoms with Crippen molar-refractivity contribution in [1.82, 2.24) is 10.2 Å². The van der Waals surface area contributed by atoms with Gasteiger partial charge in [-0.2, -0.15) is 0 Å². The van der Waals surface area contributed by atoms with Crippen LogP contribution in [0, 0.1) is 0 Å². The maximum atomic E-state index is 12.7. The smallest absolute Gasteiger partial charge is 0.257 e. The van der Waals surface area contributed by atoms with Crippen LogP contribution >= 0.6 is 0 Å². The molecule has 1 aromatic heterocycles. The summed E-state index contributed by atoms with van der Waals surface area (Å²) in [7, 11) is 0. The van der Waals surface area contributed by atoms with Gasteiger partial charge in [0.15, 0.2) is 0 Å². The van der Waals surface area contributed by atoms with Crippen LogP contribution in [0.3, 0.4) is 0 Å². The number of carbonyl (C=O) groups excluding carboxylic acids is 2. The molecule has 2 heterocycles. The lowest BCUT2D eigenvalue weighted by Crippen LogP contribution is -2.40. The molecule has 144 valence electrons. The number of rotatable bonds is 8. The Balaban J connectivity index is 1.56. The lowest BCUT2D eigenvalue weighted by molar-refractivity contribution is -0.122. The maximum absolute atomic E-state index is 12.7. The van der Waals surface area contributed by atoms with Crippen LogP contribution in [0.5, 0.6) is 0 Å². The number of nitrogens with one attached hydrogen (secondary N) is 1. The number of furan rings is 1. The van der Waals surface area contributed by atoms with Gasteiger partial charge < -0.3 is 19.4 Å². The Morgan fingerprint density at radius 3 is 2.74 bits per heavy atom. The quantitative estimate of drug-likeness (QED) is 0.775. The lowest BCUT2D eigenvalue weighted by atomic mass is 10.1. The first-order chi connectivity index (χ1) is 13.1. The van der Waals surface area contributed by atoms with Gasteiger partial charge in [-0.05, 0) is 31.4 Å². The van der Waals surface area contributed by atoms with Crippen molar-refractivity contribution in [3.05, 3.63) is 60.1 Å². The monoisotopic (exact) mass is 370 g/mol. The van der Waals surface area contributed by atoms with E-state index in [0.717, 1.165) is 25.0 Å². The van der Waals surface area contributed by atoms with E-state index in [4.69, 9.17) is 9.15 Å². The number of hydrogen-bond acceptors (Lipinski definition) is 4. The van der Waals surface area contributed by atoms with Crippen molar-refractivity contribution >= 4 is 11.8 Å². The predicted molar refractivity (Wildman–Crippen MR) is 101 cm³/mol. The molecule has 0 aliphatic carbocycles. The highest BCUT2D eigenvalue weighted by Crippen LogP contribution is 2.16. The van der Waals surface area contributed by atoms with Gasteiger partial charge in [-0.25, -0.2) is 0 Å². The molecule has 0 spiro atoms. The van der Waals surface area contributed by atoms with Gasteiger partial charge in [0.2, 0.25) is 5.91 Å². The van der Waals surface area contributed by atoms with Crippen LogP contribution in [0.1, 0.15) is 48.1 Å². The Kier molecular flexibility index (Phi) is 6.65. The second kappa shape index (κ2) is 9.37. The van der Waals surface area contributed by atoms with E-state index < -0.39 is 0 Å². The SMILES string of the molecule is CC(NC(=O)CCN(CC1CCCO1)C(=O)c1ccoc1)c1ccccc1. The van der Waals surface area contributed by atoms with Gasteiger partial charge >= 0.3 is 0 Å². The molecule has 6 heteroatoms. The Bertz CT molecular complexity index is 724. The van der Waals surface area contributed by atoms with Gasteiger partial charge in [0.25, 0.3) is 5.91 Å². The Morgan fingerprint density at radius 2 is 2.07 bits per heavy atom. The molecule has 0 saturated carbocycles. The summed E-state index contributed by atoms with van der Waals surface area (Å²) in [5.74, 6) is -0.216. The van der Waals surface area contributed by atoms with Crippen molar-refractivity contribution in [1.29, 1.82) is 0 Å². The van der Waals surface area contributed by atoms with Crippen molar-refractivity contribution in [2.24, 2.45) is 0 Å². The minimum atomic E-state index is -0.136. The molecule has 1 aliphatic heterocycles. The number of nitrogens with zero attached hydrogens (tertiary/aromatic N) is 1. The van der Waals surface area contributed by atoms with E-state index in [1.165, 1.54) is 12.5 Å². The van der Waals surface area contributed by atoms with E-state index in [1.54, 1.807) is 11.0 Å². The van der Waals surface area contributed by atoms with Crippen LogP contribution in [-0.4, -0.2) is 42.5 Å². The molecule has 2 aromatic rings. The van der Waals surface area contributed by atoms with Gasteiger partial charge in [-0.1, -0.05) is 30.3 Å². The molecule has 2 amide bonds. The number of carbonyl (C=O) groups is 2. The molecule has 3 rings (SSSR count). The second-order valence-corrected chi connectivity index (χ2v) is 6.85. The van der Waals surface area contributed by atoms with Crippen molar-refractivity contribution in [3.63, 3.8) is 0 Å². The van der Waals surface area contributed by atoms with Crippen LogP contribution in [-0.2, 0) is 9.53 Å². The summed E-state index contributed by atoms with van der Waals surface area (Å²) in [6.45, 7) is 3.52. The van der Waals surface area contributed by atoms with Crippen LogP contribution < -0.4 is 5.32 Å². The fraction of sp³-hybridized carbons (Fsp3) is 0.429. The van der Waals surface area contributed by atoms with Gasteiger partial charge in [0, 0.05) is 26.1 Å². The fourth-order valence-electron chi connectivity index (χ4n) is 3.25. The highest BCUT2D eigenvalue weighted by molar-refractivity contribution is 5.94. The third-order valence-corrected chi connectivity index (χ3v) is 4.79. The molecule has 27 heavy (non-hydrogen) atoms. The van der Waals surface area contributed by atoms with E-state index in [1.807, 2.05) is 37.3 Å². The molecule has 1 N–H and O–H groups in total. The van der Waals surface area contributed by atoms with Gasteiger partial charge in [0.1, 0.15) is 6.26 Å². The van der Waals surface area contributed by atoms with E-state index in [0.29, 0.717) is 18.7 Å². The molecular weight excluding hydrogens is 344 g/mol. The summed E-state index contributed by atoms with van der Waals surface area (Å²) >= 11 is 0. The number of benzene rings is 1. The van der Waals surface area contributed by atoms with Gasteiger partial charge in [-0.3, -0.25) is 9.59 Å². The molecule has 1 aromatic carbocycles. The average Bonchev–Trinajstić information content (AvgIpc) is 3.39. The van der Waals surface area contributed by atoms with Gasteiger partial charge in [0.05, 0.1) is 24.0 Å². The molecular formula is C21H26N2O4. The molecule has 1 fully saturated rings. The van der Waals surface area contributed by atoms with E-state index in [9.17, 15) is 9.59 Å². The van der Waals surface area contributed by atoms with Crippen LogP contribution in [0.25, 0.3) is 0 Å². The standard InChI is InChI=1S/C21H26N2O4/c1-16(17-6-3-2-4-7-17)22-20(24)9-11-23(14-19-8-5-12-27-19)21(25)18-10-13-26-15-18/h2-4,6-7,10,13,15-16,19H,5,8-9,11-12,14H2,1H3,(H,22,24). The largest absolute Gasteiger partial charge is 0.472 e. The minimum absolute atomic E-state index is 0.0344. The highest BCUT2D eigenvalue weighted by atomic mass is 16.5. The zero-order chi connectivity index (χ0) is 19.1. The van der Waals surface area contributed by atoms with Crippen molar-refractivity contribution < 1.29 is 18.7 Å². The van der Waals surface area contributed by atoms with E-state index >= 15 is 0 Å². The van der Waals surface area contributed by atoms with Crippen molar-refractivity contribution in [3.8, 4) is 0 Å². The molecule has 6 nitrogen and oxygen atoms in total. The first-order valence-electron chi connectivity index (χ1n) is 9.41. The molecule has 2 unspecified atom stereocenters. The summed E-state index contributed by atoms with van der Waals surface area (Å²) in [4.78, 5) is 26.8. The average molecular weight is 370 g/mol. The highest BCUT2D eigenvalue weighted by Gasteiger charge is 2.24. The predicted octanol–water partition coefficient (Wildman–Crippen LogP) is 3.17. The van der Waals surface area contributed by atoms with Crippen LogP contribution in [0.15, 0.2) is 53.3 Å². The zero-order valence-electron chi connectivity index (χ0n) is 15.6. The van der Waals surface area contributed by atoms with E-state index in [-0.39, 0.29) is 30.4 Å². The molecule has 0 radical (unpaired) electrons. The number of hydrogen-bond donors (Lipinski definition) is 1. The summed E-state index contributed by atoms with van der Waals surface area (Å²) in [5, 5.41) is 2.99. The number of ether oxygens (including phenoxy) is 1. The Hall–Kier alpha value is -2.60. The molecule has 0 bridgehead atoms.